The highest BCUT2D eigenvalue weighted by atomic mass is 79.9. The van der Waals surface area contributed by atoms with E-state index >= 15 is 0 Å². The van der Waals surface area contributed by atoms with Crippen molar-refractivity contribution in [2.75, 3.05) is 0 Å². The van der Waals surface area contributed by atoms with E-state index in [1.54, 1.807) is 12.1 Å². The second-order valence-corrected chi connectivity index (χ2v) is 5.48. The van der Waals surface area contributed by atoms with E-state index in [2.05, 4.69) is 28.0 Å². The zero-order chi connectivity index (χ0) is 13.8. The SMILES string of the molecule is CCCCCn1nc(C)c(Br)c1-c1ccc(F)cc1. The van der Waals surface area contributed by atoms with Gasteiger partial charge in [-0.3, -0.25) is 4.68 Å². The Morgan fingerprint density at radius 1 is 1.21 bits per heavy atom. The van der Waals surface area contributed by atoms with E-state index in [-0.39, 0.29) is 5.82 Å². The predicted molar refractivity (Wildman–Crippen MR) is 79.6 cm³/mol. The molecule has 2 aromatic rings. The maximum atomic E-state index is 13.0. The Labute approximate surface area is 121 Å². The molecule has 2 nitrogen and oxygen atoms in total. The van der Waals surface area contributed by atoms with Crippen molar-refractivity contribution in [2.45, 2.75) is 39.7 Å². The molecule has 19 heavy (non-hydrogen) atoms. The fraction of sp³-hybridized carbons (Fsp3) is 0.400. The van der Waals surface area contributed by atoms with Gasteiger partial charge in [-0.2, -0.15) is 5.10 Å². The van der Waals surface area contributed by atoms with Gasteiger partial charge in [-0.1, -0.05) is 19.8 Å². The van der Waals surface area contributed by atoms with Crippen molar-refractivity contribution in [1.29, 1.82) is 0 Å². The van der Waals surface area contributed by atoms with Crippen LogP contribution in [0.5, 0.6) is 0 Å². The fourth-order valence-electron chi connectivity index (χ4n) is 2.12. The minimum absolute atomic E-state index is 0.214. The molecule has 4 heteroatoms. The predicted octanol–water partition coefficient (Wildman–Crippen LogP) is 4.95. The van der Waals surface area contributed by atoms with Crippen LogP contribution in [0.3, 0.4) is 0 Å². The van der Waals surface area contributed by atoms with E-state index in [4.69, 9.17) is 0 Å². The molecule has 0 N–H and O–H groups in total. The second-order valence-electron chi connectivity index (χ2n) is 4.69. The third-order valence-electron chi connectivity index (χ3n) is 3.15. The molecular formula is C15H18BrFN2. The Kier molecular flexibility index (Phi) is 4.75. The van der Waals surface area contributed by atoms with Crippen LogP contribution in [0.25, 0.3) is 11.3 Å². The lowest BCUT2D eigenvalue weighted by molar-refractivity contribution is 0.555. The first-order chi connectivity index (χ1) is 9.13. The lowest BCUT2D eigenvalue weighted by Gasteiger charge is -2.08. The highest BCUT2D eigenvalue weighted by Gasteiger charge is 2.14. The average Bonchev–Trinajstić information content (AvgIpc) is 2.67. The molecular weight excluding hydrogens is 307 g/mol. The van der Waals surface area contributed by atoms with Gasteiger partial charge in [0.25, 0.3) is 0 Å². The molecule has 0 aliphatic carbocycles. The number of hydrogen-bond acceptors (Lipinski definition) is 1. The topological polar surface area (TPSA) is 17.8 Å². The summed E-state index contributed by atoms with van der Waals surface area (Å²) < 4.78 is 16.0. The number of unbranched alkanes of at least 4 members (excludes halogenated alkanes) is 2. The van der Waals surface area contributed by atoms with Gasteiger partial charge in [-0.05, 0) is 53.5 Å². The molecule has 0 saturated heterocycles. The van der Waals surface area contributed by atoms with E-state index in [0.29, 0.717) is 0 Å². The number of hydrogen-bond donors (Lipinski definition) is 0. The zero-order valence-corrected chi connectivity index (χ0v) is 12.9. The van der Waals surface area contributed by atoms with Crippen molar-refractivity contribution < 1.29 is 4.39 Å². The summed E-state index contributed by atoms with van der Waals surface area (Å²) in [5, 5.41) is 4.56. The second kappa shape index (κ2) is 6.33. The molecule has 102 valence electrons. The Bertz CT molecular complexity index is 546. The van der Waals surface area contributed by atoms with Gasteiger partial charge in [0.2, 0.25) is 0 Å². The quantitative estimate of drug-likeness (QED) is 0.711. The molecule has 2 rings (SSSR count). The Hall–Kier alpha value is -1.16. The van der Waals surface area contributed by atoms with Gasteiger partial charge < -0.3 is 0 Å². The van der Waals surface area contributed by atoms with Crippen LogP contribution in [0.15, 0.2) is 28.7 Å². The monoisotopic (exact) mass is 324 g/mol. The largest absolute Gasteiger partial charge is 0.263 e. The zero-order valence-electron chi connectivity index (χ0n) is 11.3. The minimum atomic E-state index is -0.214. The number of nitrogens with zero attached hydrogens (tertiary/aromatic N) is 2. The number of rotatable bonds is 5. The Morgan fingerprint density at radius 3 is 2.53 bits per heavy atom. The molecule has 0 bridgehead atoms. The summed E-state index contributed by atoms with van der Waals surface area (Å²) in [6.07, 6.45) is 3.49. The van der Waals surface area contributed by atoms with Crippen molar-refractivity contribution in [3.63, 3.8) is 0 Å². The van der Waals surface area contributed by atoms with Crippen LogP contribution in [0, 0.1) is 12.7 Å². The standard InChI is InChI=1S/C15H18BrFN2/c1-3-4-5-10-19-15(14(16)11(2)18-19)12-6-8-13(17)9-7-12/h6-9H,3-5,10H2,1-2H3. The van der Waals surface area contributed by atoms with E-state index in [9.17, 15) is 4.39 Å². The van der Waals surface area contributed by atoms with Gasteiger partial charge in [-0.15, -0.1) is 0 Å². The Balaban J connectivity index is 2.34. The van der Waals surface area contributed by atoms with Gasteiger partial charge >= 0.3 is 0 Å². The molecule has 0 aliphatic rings. The minimum Gasteiger partial charge on any atom is -0.263 e. The van der Waals surface area contributed by atoms with E-state index < -0.39 is 0 Å². The summed E-state index contributed by atoms with van der Waals surface area (Å²) in [6, 6.07) is 6.57. The third kappa shape index (κ3) is 3.24. The van der Waals surface area contributed by atoms with Crippen LogP contribution in [0.4, 0.5) is 4.39 Å². The summed E-state index contributed by atoms with van der Waals surface area (Å²) in [4.78, 5) is 0. The molecule has 0 fully saturated rings. The fourth-order valence-corrected chi connectivity index (χ4v) is 2.63. The number of aromatic nitrogens is 2. The summed E-state index contributed by atoms with van der Waals surface area (Å²) in [6.45, 7) is 5.06. The molecule has 0 aliphatic heterocycles. The van der Waals surface area contributed by atoms with Gasteiger partial charge in [0.15, 0.2) is 0 Å². The number of aryl methyl sites for hydroxylation is 2. The first-order valence-corrected chi connectivity index (χ1v) is 7.41. The lowest BCUT2D eigenvalue weighted by atomic mass is 10.1. The highest BCUT2D eigenvalue weighted by Crippen LogP contribution is 2.31. The maximum absolute atomic E-state index is 13.0. The van der Waals surface area contributed by atoms with Gasteiger partial charge in [-0.25, -0.2) is 4.39 Å². The average molecular weight is 325 g/mol. The van der Waals surface area contributed by atoms with Crippen molar-refractivity contribution in [2.24, 2.45) is 0 Å². The van der Waals surface area contributed by atoms with Crippen LogP contribution in [-0.2, 0) is 6.54 Å². The molecule has 0 unspecified atom stereocenters. The van der Waals surface area contributed by atoms with Gasteiger partial charge in [0.05, 0.1) is 15.9 Å². The third-order valence-corrected chi connectivity index (χ3v) is 4.09. The lowest BCUT2D eigenvalue weighted by Crippen LogP contribution is -2.02. The maximum Gasteiger partial charge on any atom is 0.123 e. The van der Waals surface area contributed by atoms with Crippen LogP contribution in [0.2, 0.25) is 0 Å². The van der Waals surface area contributed by atoms with Gasteiger partial charge in [0.1, 0.15) is 5.82 Å². The molecule has 0 saturated carbocycles. The molecule has 1 aromatic heterocycles. The Morgan fingerprint density at radius 2 is 1.89 bits per heavy atom. The van der Waals surface area contributed by atoms with Crippen molar-refractivity contribution in [3.05, 3.63) is 40.2 Å². The molecule has 0 atom stereocenters. The molecule has 1 heterocycles. The van der Waals surface area contributed by atoms with Crippen LogP contribution in [0.1, 0.15) is 31.9 Å². The summed E-state index contributed by atoms with van der Waals surface area (Å²) in [5.74, 6) is -0.214. The van der Waals surface area contributed by atoms with Crippen molar-refractivity contribution >= 4 is 15.9 Å². The first-order valence-electron chi connectivity index (χ1n) is 6.62. The highest BCUT2D eigenvalue weighted by molar-refractivity contribution is 9.10. The summed E-state index contributed by atoms with van der Waals surface area (Å²) >= 11 is 3.59. The summed E-state index contributed by atoms with van der Waals surface area (Å²) in [5.41, 5.74) is 3.00. The number of benzene rings is 1. The molecule has 1 aromatic carbocycles. The smallest absolute Gasteiger partial charge is 0.123 e. The molecule has 0 spiro atoms. The van der Waals surface area contributed by atoms with Crippen LogP contribution < -0.4 is 0 Å². The van der Waals surface area contributed by atoms with E-state index in [1.807, 2.05) is 11.6 Å². The summed E-state index contributed by atoms with van der Waals surface area (Å²) in [7, 11) is 0. The molecule has 0 amide bonds. The van der Waals surface area contributed by atoms with Crippen molar-refractivity contribution in [1.82, 2.24) is 9.78 Å². The van der Waals surface area contributed by atoms with Crippen LogP contribution >= 0.6 is 15.9 Å². The van der Waals surface area contributed by atoms with Gasteiger partial charge in [0, 0.05) is 12.1 Å². The number of halogens is 2. The van der Waals surface area contributed by atoms with E-state index in [0.717, 1.165) is 34.4 Å². The van der Waals surface area contributed by atoms with Crippen LogP contribution in [-0.4, -0.2) is 9.78 Å². The van der Waals surface area contributed by atoms with Crippen molar-refractivity contribution in [3.8, 4) is 11.3 Å². The molecule has 0 radical (unpaired) electrons. The first kappa shape index (κ1) is 14.3. The van der Waals surface area contributed by atoms with E-state index in [1.165, 1.54) is 25.0 Å². The normalized spacial score (nSPS) is 10.9.